The number of ether oxygens (including phenoxy) is 2. The summed E-state index contributed by atoms with van der Waals surface area (Å²) in [6.07, 6.45) is 3.69. The normalized spacial score (nSPS) is 21.2. The van der Waals surface area contributed by atoms with Crippen molar-refractivity contribution in [2.24, 2.45) is 5.41 Å². The highest BCUT2D eigenvalue weighted by Crippen LogP contribution is 2.29. The summed E-state index contributed by atoms with van der Waals surface area (Å²) in [5.41, 5.74) is 0.585. The van der Waals surface area contributed by atoms with Crippen LogP contribution in [0.25, 0.3) is 0 Å². The third kappa shape index (κ3) is 6.19. The molecule has 1 unspecified atom stereocenters. The molecule has 7 nitrogen and oxygen atoms in total. The van der Waals surface area contributed by atoms with E-state index in [0.717, 1.165) is 57.0 Å². The van der Waals surface area contributed by atoms with E-state index in [9.17, 15) is 4.79 Å². The van der Waals surface area contributed by atoms with E-state index >= 15 is 0 Å². The number of methoxy groups -OCH3 is 1. The average molecular weight is 435 g/mol. The van der Waals surface area contributed by atoms with Gasteiger partial charge in [-0.25, -0.2) is 4.98 Å². The highest BCUT2D eigenvalue weighted by atomic mass is 35.5. The highest BCUT2D eigenvalue weighted by Gasteiger charge is 2.39. The molecule has 3 heterocycles. The number of amides is 1. The lowest BCUT2D eigenvalue weighted by atomic mass is 9.78. The number of nitrogens with zero attached hydrogens (tertiary/aromatic N) is 2. The first-order chi connectivity index (χ1) is 12.6. The van der Waals surface area contributed by atoms with Crippen molar-refractivity contribution < 1.29 is 14.3 Å². The van der Waals surface area contributed by atoms with Crippen molar-refractivity contribution in [3.05, 3.63) is 23.9 Å². The number of rotatable bonds is 6. The fourth-order valence-corrected chi connectivity index (χ4v) is 3.72. The van der Waals surface area contributed by atoms with Crippen molar-refractivity contribution in [2.45, 2.75) is 32.4 Å². The first kappa shape index (κ1) is 24.9. The fourth-order valence-electron chi connectivity index (χ4n) is 3.72. The number of pyridine rings is 1. The number of hydrogen-bond donors (Lipinski definition) is 2. The van der Waals surface area contributed by atoms with Crippen molar-refractivity contribution in [3.8, 4) is 0 Å². The van der Waals surface area contributed by atoms with E-state index in [1.807, 2.05) is 18.3 Å². The molecule has 160 valence electrons. The Bertz CT molecular complexity index is 592. The topological polar surface area (TPSA) is 75.7 Å². The monoisotopic (exact) mass is 434 g/mol. The summed E-state index contributed by atoms with van der Waals surface area (Å²) >= 11 is 0. The number of piperidine rings is 1. The van der Waals surface area contributed by atoms with Crippen LogP contribution in [0.2, 0.25) is 0 Å². The van der Waals surface area contributed by atoms with Crippen LogP contribution in [0, 0.1) is 5.41 Å². The van der Waals surface area contributed by atoms with Gasteiger partial charge in [0.15, 0.2) is 0 Å². The van der Waals surface area contributed by atoms with Gasteiger partial charge in [0.1, 0.15) is 5.82 Å². The summed E-state index contributed by atoms with van der Waals surface area (Å²) < 4.78 is 10.9. The second-order valence-electron chi connectivity index (χ2n) is 7.30. The standard InChI is InChI=1S/C19H30N4O3.2ClH/c1-15-13-23(9-10-26-15)17-4-3-16(11-21-17)12-22-18(24)19(14-25-2)5-7-20-8-6-19;;/h3-4,11,15,20H,5-10,12-14H2,1-2H3,(H,22,24);2*1H. The molecule has 1 aromatic rings. The molecule has 9 heteroatoms. The second kappa shape index (κ2) is 11.8. The zero-order valence-electron chi connectivity index (χ0n) is 16.6. The molecule has 28 heavy (non-hydrogen) atoms. The number of carbonyl (C=O) groups is 1. The van der Waals surface area contributed by atoms with Crippen LogP contribution in [0.1, 0.15) is 25.3 Å². The Labute approximate surface area is 179 Å². The minimum absolute atomic E-state index is 0. The van der Waals surface area contributed by atoms with Crippen LogP contribution in [0.15, 0.2) is 18.3 Å². The zero-order chi connectivity index (χ0) is 18.4. The van der Waals surface area contributed by atoms with Gasteiger partial charge < -0.3 is 25.0 Å². The molecule has 0 bridgehead atoms. The molecule has 0 saturated carbocycles. The van der Waals surface area contributed by atoms with E-state index < -0.39 is 5.41 Å². The van der Waals surface area contributed by atoms with E-state index in [1.165, 1.54) is 0 Å². The Hall–Kier alpha value is -1.12. The molecule has 2 aliphatic heterocycles. The average Bonchev–Trinajstić information content (AvgIpc) is 2.67. The molecule has 1 atom stereocenters. The minimum Gasteiger partial charge on any atom is -0.384 e. The smallest absolute Gasteiger partial charge is 0.228 e. The first-order valence-corrected chi connectivity index (χ1v) is 9.42. The van der Waals surface area contributed by atoms with Crippen LogP contribution in [-0.4, -0.2) is 63.5 Å². The Morgan fingerprint density at radius 2 is 2.14 bits per heavy atom. The molecule has 1 aromatic heterocycles. The molecule has 0 radical (unpaired) electrons. The Morgan fingerprint density at radius 1 is 1.39 bits per heavy atom. The summed E-state index contributed by atoms with van der Waals surface area (Å²) in [6.45, 7) is 7.19. The maximum atomic E-state index is 12.8. The van der Waals surface area contributed by atoms with Crippen LogP contribution >= 0.6 is 24.8 Å². The molecule has 0 aromatic carbocycles. The number of nitrogens with one attached hydrogen (secondary N) is 2. The number of anilines is 1. The predicted octanol–water partition coefficient (Wildman–Crippen LogP) is 1.78. The summed E-state index contributed by atoms with van der Waals surface area (Å²) in [4.78, 5) is 19.6. The van der Waals surface area contributed by atoms with E-state index in [-0.39, 0.29) is 36.8 Å². The lowest BCUT2D eigenvalue weighted by Gasteiger charge is -2.35. The van der Waals surface area contributed by atoms with Gasteiger partial charge in [0, 0.05) is 32.9 Å². The molecule has 2 saturated heterocycles. The van der Waals surface area contributed by atoms with Crippen molar-refractivity contribution in [1.82, 2.24) is 15.6 Å². The first-order valence-electron chi connectivity index (χ1n) is 9.42. The summed E-state index contributed by atoms with van der Waals surface area (Å²) in [5, 5.41) is 6.39. The van der Waals surface area contributed by atoms with Gasteiger partial charge in [-0.3, -0.25) is 4.79 Å². The number of aromatic nitrogens is 1. The van der Waals surface area contributed by atoms with Crippen LogP contribution in [0.4, 0.5) is 5.82 Å². The molecule has 2 N–H and O–H groups in total. The molecule has 3 rings (SSSR count). The summed E-state index contributed by atoms with van der Waals surface area (Å²) in [5.74, 6) is 1.04. The minimum atomic E-state index is -0.419. The fraction of sp³-hybridized carbons (Fsp3) is 0.684. The third-order valence-electron chi connectivity index (χ3n) is 5.29. The maximum Gasteiger partial charge on any atom is 0.228 e. The van der Waals surface area contributed by atoms with Gasteiger partial charge in [0.2, 0.25) is 5.91 Å². The van der Waals surface area contributed by atoms with E-state index in [2.05, 4.69) is 27.4 Å². The van der Waals surface area contributed by atoms with Crippen molar-refractivity contribution in [3.63, 3.8) is 0 Å². The molecule has 2 aliphatic rings. The van der Waals surface area contributed by atoms with E-state index in [4.69, 9.17) is 9.47 Å². The van der Waals surface area contributed by atoms with Gasteiger partial charge in [0.25, 0.3) is 0 Å². The van der Waals surface area contributed by atoms with Gasteiger partial charge in [0.05, 0.1) is 24.7 Å². The lowest BCUT2D eigenvalue weighted by Crippen LogP contribution is -2.49. The number of halogens is 2. The van der Waals surface area contributed by atoms with E-state index in [1.54, 1.807) is 7.11 Å². The predicted molar refractivity (Wildman–Crippen MR) is 115 cm³/mol. The Kier molecular flexibility index (Phi) is 10.5. The van der Waals surface area contributed by atoms with Crippen molar-refractivity contribution in [2.75, 3.05) is 51.4 Å². The van der Waals surface area contributed by atoms with E-state index in [0.29, 0.717) is 13.2 Å². The van der Waals surface area contributed by atoms with Gasteiger partial charge >= 0.3 is 0 Å². The SMILES string of the molecule is COCC1(C(=O)NCc2ccc(N3CCOC(C)C3)nc2)CCNCC1.Cl.Cl. The van der Waals surface area contributed by atoms with Gasteiger partial charge in [-0.1, -0.05) is 6.07 Å². The quantitative estimate of drug-likeness (QED) is 0.710. The summed E-state index contributed by atoms with van der Waals surface area (Å²) in [7, 11) is 1.66. The number of carbonyl (C=O) groups excluding carboxylic acids is 1. The number of hydrogen-bond acceptors (Lipinski definition) is 6. The molecule has 1 amide bonds. The molecular formula is C19H32Cl2N4O3. The zero-order valence-corrected chi connectivity index (χ0v) is 18.2. The third-order valence-corrected chi connectivity index (χ3v) is 5.29. The largest absolute Gasteiger partial charge is 0.384 e. The molecule has 0 spiro atoms. The molecule has 2 fully saturated rings. The van der Waals surface area contributed by atoms with Gasteiger partial charge in [-0.2, -0.15) is 0 Å². The van der Waals surface area contributed by atoms with Crippen LogP contribution < -0.4 is 15.5 Å². The van der Waals surface area contributed by atoms with Crippen LogP contribution in [-0.2, 0) is 20.8 Å². The number of morpholine rings is 1. The van der Waals surface area contributed by atoms with Gasteiger partial charge in [-0.15, -0.1) is 24.8 Å². The van der Waals surface area contributed by atoms with Crippen LogP contribution in [0.5, 0.6) is 0 Å². The van der Waals surface area contributed by atoms with Gasteiger partial charge in [-0.05, 0) is 44.5 Å². The second-order valence-corrected chi connectivity index (χ2v) is 7.30. The van der Waals surface area contributed by atoms with Crippen LogP contribution in [0.3, 0.4) is 0 Å². The maximum absolute atomic E-state index is 12.8. The molecular weight excluding hydrogens is 403 g/mol. The lowest BCUT2D eigenvalue weighted by molar-refractivity contribution is -0.136. The Morgan fingerprint density at radius 3 is 2.75 bits per heavy atom. The summed E-state index contributed by atoms with van der Waals surface area (Å²) in [6, 6.07) is 4.06. The highest BCUT2D eigenvalue weighted by molar-refractivity contribution is 5.85. The molecule has 0 aliphatic carbocycles. The Balaban J connectivity index is 0.00000196. The van der Waals surface area contributed by atoms with Crippen molar-refractivity contribution in [1.29, 1.82) is 0 Å². The van der Waals surface area contributed by atoms with Crippen molar-refractivity contribution >= 4 is 36.5 Å².